The number of anilines is 1. The zero-order valence-electron chi connectivity index (χ0n) is 16.6. The summed E-state index contributed by atoms with van der Waals surface area (Å²) in [4.78, 5) is 7.35. The van der Waals surface area contributed by atoms with Gasteiger partial charge in [0.05, 0.1) is 5.56 Å². The minimum atomic E-state index is -4.28. The molecule has 1 atom stereocenters. The minimum absolute atomic E-state index is 0.553. The van der Waals surface area contributed by atoms with E-state index in [0.29, 0.717) is 11.7 Å². The first-order valence-electron chi connectivity index (χ1n) is 10.9. The quantitative estimate of drug-likeness (QED) is 0.744. The molecule has 0 N–H and O–H groups in total. The number of alkyl halides is 3. The van der Waals surface area contributed by atoms with Gasteiger partial charge in [-0.3, -0.25) is 4.90 Å². The van der Waals surface area contributed by atoms with Gasteiger partial charge in [-0.1, -0.05) is 18.9 Å². The van der Waals surface area contributed by atoms with Gasteiger partial charge in [0, 0.05) is 51.0 Å². The largest absolute Gasteiger partial charge is 0.416 e. The average Bonchev–Trinajstić information content (AvgIpc) is 3.21. The van der Waals surface area contributed by atoms with E-state index in [0.717, 1.165) is 38.2 Å². The normalized spacial score (nSPS) is 26.1. The standard InChI is InChI=1S/C22H32F3N3/c23-22(24,25)19-7-3-8-20(15-19)27-11-13-28(14-12-27)21-9-4-10-26(17-21)16-18-5-1-2-6-18/h3,7-8,15,18,21H,1-2,4-6,9-14,16-17H2/t21-/m0/s1. The molecule has 2 saturated heterocycles. The Hall–Kier alpha value is -1.27. The fourth-order valence-electron chi connectivity index (χ4n) is 5.28. The third-order valence-corrected chi connectivity index (χ3v) is 6.84. The summed E-state index contributed by atoms with van der Waals surface area (Å²) in [6, 6.07) is 6.38. The van der Waals surface area contributed by atoms with Crippen LogP contribution in [0.5, 0.6) is 0 Å². The summed E-state index contributed by atoms with van der Waals surface area (Å²) < 4.78 is 39.0. The fourth-order valence-corrected chi connectivity index (χ4v) is 5.28. The summed E-state index contributed by atoms with van der Waals surface area (Å²) in [6.45, 7) is 7.16. The highest BCUT2D eigenvalue weighted by molar-refractivity contribution is 5.49. The molecular weight excluding hydrogens is 363 g/mol. The molecule has 0 amide bonds. The Morgan fingerprint density at radius 3 is 2.36 bits per heavy atom. The van der Waals surface area contributed by atoms with Crippen molar-refractivity contribution in [2.75, 3.05) is 50.7 Å². The van der Waals surface area contributed by atoms with Crippen molar-refractivity contribution in [3.63, 3.8) is 0 Å². The number of rotatable bonds is 4. The van der Waals surface area contributed by atoms with Gasteiger partial charge in [-0.05, 0) is 56.3 Å². The van der Waals surface area contributed by atoms with Gasteiger partial charge in [-0.25, -0.2) is 0 Å². The minimum Gasteiger partial charge on any atom is -0.369 e. The molecule has 0 radical (unpaired) electrons. The number of hydrogen-bond acceptors (Lipinski definition) is 3. The second-order valence-corrected chi connectivity index (χ2v) is 8.78. The van der Waals surface area contributed by atoms with E-state index >= 15 is 0 Å². The van der Waals surface area contributed by atoms with Crippen LogP contribution in [-0.4, -0.2) is 61.7 Å². The number of benzene rings is 1. The lowest BCUT2D eigenvalue weighted by Crippen LogP contribution is -2.55. The molecule has 4 rings (SSSR count). The van der Waals surface area contributed by atoms with Gasteiger partial charge in [-0.2, -0.15) is 13.2 Å². The van der Waals surface area contributed by atoms with Crippen LogP contribution in [0.15, 0.2) is 24.3 Å². The molecule has 156 valence electrons. The maximum Gasteiger partial charge on any atom is 0.416 e. The van der Waals surface area contributed by atoms with E-state index in [-0.39, 0.29) is 0 Å². The van der Waals surface area contributed by atoms with E-state index in [4.69, 9.17) is 0 Å². The van der Waals surface area contributed by atoms with E-state index < -0.39 is 11.7 Å². The molecule has 1 aliphatic carbocycles. The Bertz CT molecular complexity index is 634. The van der Waals surface area contributed by atoms with Crippen LogP contribution < -0.4 is 4.90 Å². The highest BCUT2D eigenvalue weighted by Gasteiger charge is 2.32. The molecule has 1 aromatic rings. The summed E-state index contributed by atoms with van der Waals surface area (Å²) in [5, 5.41) is 0. The van der Waals surface area contributed by atoms with Crippen molar-refractivity contribution < 1.29 is 13.2 Å². The monoisotopic (exact) mass is 395 g/mol. The maximum atomic E-state index is 13.0. The van der Waals surface area contributed by atoms with E-state index in [2.05, 4.69) is 14.7 Å². The van der Waals surface area contributed by atoms with Crippen LogP contribution in [0.1, 0.15) is 44.1 Å². The first-order chi connectivity index (χ1) is 13.5. The lowest BCUT2D eigenvalue weighted by molar-refractivity contribution is -0.137. The summed E-state index contributed by atoms with van der Waals surface area (Å²) >= 11 is 0. The highest BCUT2D eigenvalue weighted by Crippen LogP contribution is 2.32. The number of piperazine rings is 1. The number of nitrogens with zero attached hydrogens (tertiary/aromatic N) is 3. The van der Waals surface area contributed by atoms with Crippen molar-refractivity contribution in [1.82, 2.24) is 9.80 Å². The molecule has 0 aromatic heterocycles. The Kier molecular flexibility index (Phi) is 6.16. The number of likely N-dealkylation sites (tertiary alicyclic amines) is 1. The highest BCUT2D eigenvalue weighted by atomic mass is 19.4. The Labute approximate surface area is 166 Å². The zero-order valence-corrected chi connectivity index (χ0v) is 16.6. The van der Waals surface area contributed by atoms with E-state index in [9.17, 15) is 13.2 Å². The summed E-state index contributed by atoms with van der Waals surface area (Å²) in [6.07, 6.45) is 3.85. The molecule has 28 heavy (non-hydrogen) atoms. The van der Waals surface area contributed by atoms with Crippen LogP contribution in [0.2, 0.25) is 0 Å². The van der Waals surface area contributed by atoms with Crippen LogP contribution in [-0.2, 0) is 6.18 Å². The molecule has 2 aliphatic heterocycles. The smallest absolute Gasteiger partial charge is 0.369 e. The first-order valence-corrected chi connectivity index (χ1v) is 10.9. The van der Waals surface area contributed by atoms with Crippen LogP contribution >= 0.6 is 0 Å². The molecule has 3 aliphatic rings. The van der Waals surface area contributed by atoms with Gasteiger partial charge in [0.15, 0.2) is 0 Å². The van der Waals surface area contributed by atoms with Gasteiger partial charge in [0.25, 0.3) is 0 Å². The molecule has 3 fully saturated rings. The molecule has 1 aromatic carbocycles. The molecule has 0 spiro atoms. The Balaban J connectivity index is 1.30. The zero-order chi connectivity index (χ0) is 19.6. The summed E-state index contributed by atoms with van der Waals surface area (Å²) in [7, 11) is 0. The van der Waals surface area contributed by atoms with Gasteiger partial charge >= 0.3 is 6.18 Å². The number of hydrogen-bond donors (Lipinski definition) is 0. The average molecular weight is 396 g/mol. The summed E-state index contributed by atoms with van der Waals surface area (Å²) in [5.74, 6) is 0.900. The lowest BCUT2D eigenvalue weighted by Gasteiger charge is -2.44. The van der Waals surface area contributed by atoms with Crippen LogP contribution in [0.25, 0.3) is 0 Å². The Morgan fingerprint density at radius 2 is 1.64 bits per heavy atom. The van der Waals surface area contributed by atoms with Crippen molar-refractivity contribution in [3.05, 3.63) is 29.8 Å². The van der Waals surface area contributed by atoms with Crippen LogP contribution in [0.3, 0.4) is 0 Å². The van der Waals surface area contributed by atoms with Crippen LogP contribution in [0.4, 0.5) is 18.9 Å². The van der Waals surface area contributed by atoms with E-state index in [1.165, 1.54) is 70.3 Å². The van der Waals surface area contributed by atoms with Crippen molar-refractivity contribution in [1.29, 1.82) is 0 Å². The summed E-state index contributed by atoms with van der Waals surface area (Å²) in [5.41, 5.74) is 0.142. The fraction of sp³-hybridized carbons (Fsp3) is 0.727. The van der Waals surface area contributed by atoms with Crippen molar-refractivity contribution >= 4 is 5.69 Å². The SMILES string of the molecule is FC(F)(F)c1cccc(N2CCN([C@H]3CCCN(CC4CCCC4)C3)CC2)c1. The molecular formula is C22H32F3N3. The second kappa shape index (κ2) is 8.62. The number of piperidine rings is 1. The van der Waals surface area contributed by atoms with Gasteiger partial charge in [-0.15, -0.1) is 0 Å². The maximum absolute atomic E-state index is 13.0. The molecule has 0 bridgehead atoms. The van der Waals surface area contributed by atoms with Gasteiger partial charge in [0.2, 0.25) is 0 Å². The third-order valence-electron chi connectivity index (χ3n) is 6.84. The van der Waals surface area contributed by atoms with Crippen LogP contribution in [0, 0.1) is 5.92 Å². The molecule has 6 heteroatoms. The predicted molar refractivity (Wildman–Crippen MR) is 107 cm³/mol. The van der Waals surface area contributed by atoms with Crippen molar-refractivity contribution in [3.8, 4) is 0 Å². The predicted octanol–water partition coefficient (Wildman–Crippen LogP) is 4.48. The number of halogens is 3. The molecule has 2 heterocycles. The van der Waals surface area contributed by atoms with E-state index in [1.54, 1.807) is 6.07 Å². The first kappa shape index (κ1) is 20.0. The van der Waals surface area contributed by atoms with Gasteiger partial charge in [0.1, 0.15) is 0 Å². The molecule has 3 nitrogen and oxygen atoms in total. The van der Waals surface area contributed by atoms with Gasteiger partial charge < -0.3 is 9.80 Å². The molecule has 0 unspecified atom stereocenters. The van der Waals surface area contributed by atoms with E-state index in [1.807, 2.05) is 0 Å². The van der Waals surface area contributed by atoms with Crippen molar-refractivity contribution in [2.24, 2.45) is 5.92 Å². The lowest BCUT2D eigenvalue weighted by atomic mass is 10.0. The van der Waals surface area contributed by atoms with Crippen molar-refractivity contribution in [2.45, 2.75) is 50.7 Å². The topological polar surface area (TPSA) is 9.72 Å². The molecule has 1 saturated carbocycles. The third kappa shape index (κ3) is 4.82. The second-order valence-electron chi connectivity index (χ2n) is 8.78. The Morgan fingerprint density at radius 1 is 0.893 bits per heavy atom.